The number of benzene rings is 1. The van der Waals surface area contributed by atoms with Crippen LogP contribution in [0.15, 0.2) is 47.1 Å². The van der Waals surface area contributed by atoms with Crippen molar-refractivity contribution in [1.29, 1.82) is 0 Å². The lowest BCUT2D eigenvalue weighted by Gasteiger charge is -2.24. The van der Waals surface area contributed by atoms with Crippen LogP contribution in [0.3, 0.4) is 0 Å². The fraction of sp³-hybridized carbons (Fsp3) is 0.333. The van der Waals surface area contributed by atoms with Crippen molar-refractivity contribution in [3.8, 4) is 0 Å². The number of hydrogen-bond acceptors (Lipinski definition) is 2. The number of fused-ring (bicyclic) bond motifs is 1. The maximum absolute atomic E-state index is 5.86. The van der Waals surface area contributed by atoms with Crippen LogP contribution in [0.1, 0.15) is 23.0 Å². The highest BCUT2D eigenvalue weighted by atomic mass is 35.5. The normalized spacial score (nSPS) is 17.6. The van der Waals surface area contributed by atoms with E-state index in [0.717, 1.165) is 31.9 Å². The summed E-state index contributed by atoms with van der Waals surface area (Å²) in [4.78, 5) is 0. The van der Waals surface area contributed by atoms with Gasteiger partial charge >= 0.3 is 0 Å². The zero-order valence-electron chi connectivity index (χ0n) is 10.7. The Bertz CT molecular complexity index is 499. The molecule has 0 spiro atoms. The van der Waals surface area contributed by atoms with Crippen molar-refractivity contribution < 1.29 is 26.9 Å². The molecule has 1 aromatic heterocycles. The van der Waals surface area contributed by atoms with Crippen molar-refractivity contribution in [2.75, 3.05) is 13.2 Å². The molecule has 1 unspecified atom stereocenters. The third-order valence-electron chi connectivity index (χ3n) is 3.40. The Morgan fingerprint density at radius 3 is 2.89 bits per heavy atom. The molecule has 4 heteroatoms. The summed E-state index contributed by atoms with van der Waals surface area (Å²) >= 11 is 0. The Labute approximate surface area is 119 Å². The van der Waals surface area contributed by atoms with E-state index in [4.69, 9.17) is 9.15 Å². The molecule has 2 heterocycles. The van der Waals surface area contributed by atoms with Crippen LogP contribution in [-0.2, 0) is 17.7 Å². The summed E-state index contributed by atoms with van der Waals surface area (Å²) in [6.45, 7) is 2.64. The number of ether oxygens (including phenoxy) is 1. The number of quaternary nitrogens is 1. The first kappa shape index (κ1) is 14.1. The lowest BCUT2D eigenvalue weighted by Crippen LogP contribution is -3.00. The Balaban J connectivity index is 0.00000133. The number of furan rings is 1. The number of hydrogen-bond donors (Lipinski definition) is 1. The second-order valence-electron chi connectivity index (χ2n) is 4.62. The van der Waals surface area contributed by atoms with E-state index in [1.807, 2.05) is 12.1 Å². The van der Waals surface area contributed by atoms with E-state index in [9.17, 15) is 0 Å². The highest BCUT2D eigenvalue weighted by Crippen LogP contribution is 2.25. The molecule has 1 aliphatic heterocycles. The number of halogens is 1. The minimum Gasteiger partial charge on any atom is -1.00 e. The van der Waals surface area contributed by atoms with Gasteiger partial charge in [-0.1, -0.05) is 24.3 Å². The summed E-state index contributed by atoms with van der Waals surface area (Å²) in [5.74, 6) is 1.01. The summed E-state index contributed by atoms with van der Waals surface area (Å²) < 4.78 is 11.2. The standard InChI is InChI=1S/C15H17NO2.ClH/c1-2-6-14-12(4-1)7-9-18-15(14)11-16-10-13-5-3-8-17-13;/h1-6,8,15-16H,7,9-11H2;1H. The molecule has 19 heavy (non-hydrogen) atoms. The van der Waals surface area contributed by atoms with Gasteiger partial charge in [0.1, 0.15) is 19.2 Å². The molecular weight excluding hydrogens is 262 g/mol. The molecule has 0 fully saturated rings. The quantitative estimate of drug-likeness (QED) is 0.753. The molecule has 0 amide bonds. The van der Waals surface area contributed by atoms with Gasteiger partial charge in [0.25, 0.3) is 0 Å². The molecule has 1 aliphatic rings. The molecule has 1 atom stereocenters. The monoisotopic (exact) mass is 279 g/mol. The summed E-state index contributed by atoms with van der Waals surface area (Å²) in [6, 6.07) is 12.5. The molecule has 3 rings (SSSR count). The zero-order valence-corrected chi connectivity index (χ0v) is 11.5. The highest BCUT2D eigenvalue weighted by molar-refractivity contribution is 5.30. The minimum absolute atomic E-state index is 0. The Morgan fingerprint density at radius 2 is 2.05 bits per heavy atom. The lowest BCUT2D eigenvalue weighted by atomic mass is 9.97. The van der Waals surface area contributed by atoms with Crippen LogP contribution in [0.4, 0.5) is 0 Å². The van der Waals surface area contributed by atoms with Crippen LogP contribution in [0.2, 0.25) is 0 Å². The number of rotatable bonds is 4. The first-order valence-corrected chi connectivity index (χ1v) is 6.47. The smallest absolute Gasteiger partial charge is 0.157 e. The fourth-order valence-electron chi connectivity index (χ4n) is 2.48. The van der Waals surface area contributed by atoms with Gasteiger partial charge in [0.15, 0.2) is 5.76 Å². The van der Waals surface area contributed by atoms with Gasteiger partial charge in [-0.2, -0.15) is 0 Å². The van der Waals surface area contributed by atoms with Crippen molar-refractivity contribution in [1.82, 2.24) is 0 Å². The van der Waals surface area contributed by atoms with Gasteiger partial charge in [0, 0.05) is 0 Å². The van der Waals surface area contributed by atoms with Crippen molar-refractivity contribution in [2.24, 2.45) is 0 Å². The van der Waals surface area contributed by atoms with E-state index < -0.39 is 0 Å². The van der Waals surface area contributed by atoms with Gasteiger partial charge in [0.2, 0.25) is 0 Å². The van der Waals surface area contributed by atoms with E-state index in [0.29, 0.717) is 0 Å². The molecule has 102 valence electrons. The van der Waals surface area contributed by atoms with Crippen LogP contribution < -0.4 is 17.7 Å². The molecule has 2 aromatic rings. The fourth-order valence-corrected chi connectivity index (χ4v) is 2.48. The summed E-state index contributed by atoms with van der Waals surface area (Å²) in [7, 11) is 0. The summed E-state index contributed by atoms with van der Waals surface area (Å²) in [6.07, 6.45) is 2.96. The van der Waals surface area contributed by atoms with Crippen LogP contribution >= 0.6 is 0 Å². The second kappa shape index (κ2) is 6.75. The zero-order chi connectivity index (χ0) is 12.2. The maximum atomic E-state index is 5.86. The molecule has 0 saturated carbocycles. The first-order chi connectivity index (χ1) is 8.93. The third-order valence-corrected chi connectivity index (χ3v) is 3.40. The molecular formula is C15H18ClNO2. The summed E-state index contributed by atoms with van der Waals surface area (Å²) in [5.41, 5.74) is 2.78. The molecule has 0 radical (unpaired) electrons. The summed E-state index contributed by atoms with van der Waals surface area (Å²) in [5, 5.41) is 2.24. The number of nitrogens with two attached hydrogens (primary N) is 1. The molecule has 2 N–H and O–H groups in total. The minimum atomic E-state index is 0. The van der Waals surface area contributed by atoms with E-state index in [1.165, 1.54) is 11.1 Å². The van der Waals surface area contributed by atoms with Gasteiger partial charge in [-0.25, -0.2) is 0 Å². The van der Waals surface area contributed by atoms with Crippen LogP contribution in [0, 0.1) is 0 Å². The van der Waals surface area contributed by atoms with E-state index in [2.05, 4.69) is 29.6 Å². The second-order valence-corrected chi connectivity index (χ2v) is 4.62. The Kier molecular flexibility index (Phi) is 5.02. The average molecular weight is 280 g/mol. The predicted octanol–water partition coefficient (Wildman–Crippen LogP) is -1.34. The topological polar surface area (TPSA) is 39.0 Å². The molecule has 0 bridgehead atoms. The first-order valence-electron chi connectivity index (χ1n) is 6.47. The van der Waals surface area contributed by atoms with Gasteiger partial charge in [-0.15, -0.1) is 0 Å². The van der Waals surface area contributed by atoms with Crippen LogP contribution in [0.5, 0.6) is 0 Å². The lowest BCUT2D eigenvalue weighted by molar-refractivity contribution is -0.679. The van der Waals surface area contributed by atoms with E-state index >= 15 is 0 Å². The van der Waals surface area contributed by atoms with Gasteiger partial charge in [0.05, 0.1) is 12.9 Å². The van der Waals surface area contributed by atoms with Gasteiger partial charge in [-0.3, -0.25) is 0 Å². The Morgan fingerprint density at radius 1 is 1.16 bits per heavy atom. The maximum Gasteiger partial charge on any atom is 0.157 e. The molecule has 3 nitrogen and oxygen atoms in total. The SMILES string of the molecule is [Cl-].c1coc(C[NH2+]CC2OCCc3ccccc32)c1. The third kappa shape index (κ3) is 3.38. The van der Waals surface area contributed by atoms with Crippen LogP contribution in [0.25, 0.3) is 0 Å². The van der Waals surface area contributed by atoms with Crippen molar-refractivity contribution in [2.45, 2.75) is 19.1 Å². The average Bonchev–Trinajstić information content (AvgIpc) is 2.92. The Hall–Kier alpha value is -1.29. The highest BCUT2D eigenvalue weighted by Gasteiger charge is 2.21. The molecule has 0 aliphatic carbocycles. The predicted molar refractivity (Wildman–Crippen MR) is 68.0 cm³/mol. The van der Waals surface area contributed by atoms with E-state index in [1.54, 1.807) is 6.26 Å². The molecule has 1 aromatic carbocycles. The van der Waals surface area contributed by atoms with Crippen molar-refractivity contribution in [3.05, 3.63) is 59.5 Å². The van der Waals surface area contributed by atoms with Crippen LogP contribution in [-0.4, -0.2) is 13.2 Å². The van der Waals surface area contributed by atoms with E-state index in [-0.39, 0.29) is 18.5 Å². The van der Waals surface area contributed by atoms with Gasteiger partial charge < -0.3 is 26.9 Å². The van der Waals surface area contributed by atoms with Crippen molar-refractivity contribution in [3.63, 3.8) is 0 Å². The van der Waals surface area contributed by atoms with Gasteiger partial charge in [-0.05, 0) is 29.7 Å². The van der Waals surface area contributed by atoms with Crippen molar-refractivity contribution >= 4 is 0 Å². The largest absolute Gasteiger partial charge is 1.00 e. The molecule has 0 saturated heterocycles.